The molecule has 1 aromatic carbocycles. The van der Waals surface area contributed by atoms with Gasteiger partial charge in [-0.25, -0.2) is 0 Å². The molecule has 0 aliphatic carbocycles. The normalized spacial score (nSPS) is 30.1. The molecule has 0 saturated carbocycles. The highest BCUT2D eigenvalue weighted by atomic mass is 16.5. The van der Waals surface area contributed by atoms with E-state index in [2.05, 4.69) is 23.4 Å². The topological polar surface area (TPSA) is 38.3 Å². The van der Waals surface area contributed by atoms with Crippen LogP contribution < -0.4 is 5.32 Å². The molecule has 4 atom stereocenters. The van der Waals surface area contributed by atoms with E-state index in [9.17, 15) is 4.79 Å². The van der Waals surface area contributed by atoms with E-state index in [0.717, 1.165) is 24.8 Å². The molecule has 2 aliphatic rings. The molecule has 2 aliphatic heterocycles. The summed E-state index contributed by atoms with van der Waals surface area (Å²) in [6, 6.07) is 8.79. The molecule has 0 amide bonds. The lowest BCUT2D eigenvalue weighted by Crippen LogP contribution is -2.48. The number of rotatable bonds is 2. The first-order valence-corrected chi connectivity index (χ1v) is 7.13. The number of benzene rings is 1. The van der Waals surface area contributed by atoms with Crippen molar-refractivity contribution in [3.05, 3.63) is 35.4 Å². The van der Waals surface area contributed by atoms with Gasteiger partial charge < -0.3 is 10.1 Å². The average molecular weight is 285 g/mol. The maximum absolute atomic E-state index is 12.2. The summed E-state index contributed by atoms with van der Waals surface area (Å²) in [7, 11) is 1.47. The lowest BCUT2D eigenvalue weighted by Gasteiger charge is -2.36. The fourth-order valence-electron chi connectivity index (χ4n) is 3.69. The molecule has 112 valence electrons. The number of terminal acetylenes is 1. The summed E-state index contributed by atoms with van der Waals surface area (Å²) in [6.07, 6.45) is 8.60. The Morgan fingerprint density at radius 3 is 2.67 bits per heavy atom. The van der Waals surface area contributed by atoms with Gasteiger partial charge in [0.05, 0.1) is 13.0 Å². The van der Waals surface area contributed by atoms with Gasteiger partial charge in [0.2, 0.25) is 0 Å². The lowest BCUT2D eigenvalue weighted by atomic mass is 9.77. The Kier molecular flexibility index (Phi) is 4.69. The molecule has 21 heavy (non-hydrogen) atoms. The van der Waals surface area contributed by atoms with Crippen molar-refractivity contribution in [2.75, 3.05) is 7.11 Å². The van der Waals surface area contributed by atoms with E-state index in [-0.39, 0.29) is 31.3 Å². The van der Waals surface area contributed by atoms with Gasteiger partial charge in [-0.15, -0.1) is 6.42 Å². The van der Waals surface area contributed by atoms with E-state index in [1.165, 1.54) is 12.7 Å². The van der Waals surface area contributed by atoms with Crippen LogP contribution >= 0.6 is 0 Å². The summed E-state index contributed by atoms with van der Waals surface area (Å²) in [5, 5.41) is 3.54. The number of fused-ring (bicyclic) bond motifs is 2. The quantitative estimate of drug-likeness (QED) is 0.670. The van der Waals surface area contributed by atoms with Crippen LogP contribution in [-0.2, 0) is 9.53 Å². The van der Waals surface area contributed by atoms with Crippen molar-refractivity contribution in [1.82, 2.24) is 5.32 Å². The van der Waals surface area contributed by atoms with Gasteiger partial charge in [-0.1, -0.05) is 25.5 Å². The van der Waals surface area contributed by atoms with Crippen LogP contribution in [0.25, 0.3) is 0 Å². The van der Waals surface area contributed by atoms with Gasteiger partial charge in [0, 0.05) is 23.6 Å². The van der Waals surface area contributed by atoms with E-state index in [1.54, 1.807) is 0 Å². The molecule has 0 spiro atoms. The number of hydrogen-bond donors (Lipinski definition) is 1. The van der Waals surface area contributed by atoms with Gasteiger partial charge in [0.1, 0.15) is 0 Å². The van der Waals surface area contributed by atoms with Crippen molar-refractivity contribution in [1.29, 1.82) is 0 Å². The molecule has 3 rings (SSSR count). The predicted octanol–water partition coefficient (Wildman–Crippen LogP) is 2.70. The largest absolute Gasteiger partial charge is 0.469 e. The third-order valence-electron chi connectivity index (χ3n) is 4.66. The highest BCUT2D eigenvalue weighted by Gasteiger charge is 2.46. The van der Waals surface area contributed by atoms with Gasteiger partial charge in [-0.3, -0.25) is 4.79 Å². The van der Waals surface area contributed by atoms with Crippen LogP contribution in [0, 0.1) is 18.3 Å². The molecule has 3 nitrogen and oxygen atoms in total. The minimum absolute atomic E-state index is 0. The first-order chi connectivity index (χ1) is 9.72. The fourth-order valence-corrected chi connectivity index (χ4v) is 3.69. The highest BCUT2D eigenvalue weighted by Crippen LogP contribution is 2.42. The second-order valence-corrected chi connectivity index (χ2v) is 5.70. The summed E-state index contributed by atoms with van der Waals surface area (Å²) in [5.41, 5.74) is 2.07. The first kappa shape index (κ1) is 15.6. The predicted molar refractivity (Wildman–Crippen MR) is 83.9 cm³/mol. The zero-order chi connectivity index (χ0) is 14.1. The molecule has 2 heterocycles. The van der Waals surface area contributed by atoms with Crippen molar-refractivity contribution in [2.45, 2.75) is 44.7 Å². The average Bonchev–Trinajstić information content (AvgIpc) is 2.88. The third-order valence-corrected chi connectivity index (χ3v) is 4.66. The number of carbonyl (C=O) groups excluding carboxylic acids is 1. The Bertz CT molecular complexity index is 543. The molecule has 0 aromatic heterocycles. The summed E-state index contributed by atoms with van der Waals surface area (Å²) in [6.45, 7) is 0. The van der Waals surface area contributed by atoms with E-state index >= 15 is 0 Å². The van der Waals surface area contributed by atoms with Gasteiger partial charge in [0.15, 0.2) is 0 Å². The Balaban J connectivity index is 0.00000161. The van der Waals surface area contributed by atoms with Gasteiger partial charge >= 0.3 is 5.97 Å². The smallest absolute Gasteiger partial charge is 0.310 e. The first-order valence-electron chi connectivity index (χ1n) is 7.13. The summed E-state index contributed by atoms with van der Waals surface area (Å²) < 4.78 is 5.03. The van der Waals surface area contributed by atoms with Crippen LogP contribution in [-0.4, -0.2) is 25.2 Å². The molecule has 2 bridgehead atoms. The van der Waals surface area contributed by atoms with Crippen LogP contribution in [0.3, 0.4) is 0 Å². The Labute approximate surface area is 127 Å². The second kappa shape index (κ2) is 6.32. The van der Waals surface area contributed by atoms with Crippen molar-refractivity contribution >= 4 is 5.97 Å². The molecule has 2 unspecified atom stereocenters. The molecule has 2 fully saturated rings. The van der Waals surface area contributed by atoms with Gasteiger partial charge in [0.25, 0.3) is 0 Å². The lowest BCUT2D eigenvalue weighted by molar-refractivity contribution is -0.148. The van der Waals surface area contributed by atoms with E-state index < -0.39 is 0 Å². The van der Waals surface area contributed by atoms with Crippen LogP contribution in [0.15, 0.2) is 24.3 Å². The van der Waals surface area contributed by atoms with Crippen molar-refractivity contribution < 1.29 is 9.53 Å². The van der Waals surface area contributed by atoms with Crippen molar-refractivity contribution in [3.8, 4) is 12.3 Å². The zero-order valence-corrected chi connectivity index (χ0v) is 11.6. The Morgan fingerprint density at radius 2 is 2.05 bits per heavy atom. The number of hydrogen-bond acceptors (Lipinski definition) is 3. The number of ether oxygens (including phenoxy) is 1. The molecule has 1 aromatic rings. The van der Waals surface area contributed by atoms with Crippen molar-refractivity contribution in [3.63, 3.8) is 0 Å². The van der Waals surface area contributed by atoms with Gasteiger partial charge in [-0.05, 0) is 37.0 Å². The fraction of sp³-hybridized carbons (Fsp3) is 0.500. The molecule has 0 radical (unpaired) electrons. The summed E-state index contributed by atoms with van der Waals surface area (Å²) in [5.74, 6) is 2.67. The summed E-state index contributed by atoms with van der Waals surface area (Å²) >= 11 is 0. The van der Waals surface area contributed by atoms with Crippen LogP contribution in [0.5, 0.6) is 0 Å². The summed E-state index contributed by atoms with van der Waals surface area (Å²) in [4.78, 5) is 12.2. The Hall–Kier alpha value is -1.79. The van der Waals surface area contributed by atoms with Crippen LogP contribution in [0.2, 0.25) is 0 Å². The number of piperidine rings is 1. The highest BCUT2D eigenvalue weighted by molar-refractivity contribution is 5.75. The van der Waals surface area contributed by atoms with E-state index in [0.29, 0.717) is 6.04 Å². The Morgan fingerprint density at radius 1 is 1.33 bits per heavy atom. The standard InChI is InChI=1S/C17H19NO2.CH4/c1-3-11-4-6-12(7-5-11)14-10-13-8-9-15(18-13)16(14)17(19)20-2;/h1,4-7,13-16,18H,8-10H2,2H3;1H4/t13-,14-,15?,16?;/m1./s1. The molecular weight excluding hydrogens is 262 g/mol. The number of carbonyl (C=O) groups is 1. The molecule has 1 N–H and O–H groups in total. The van der Waals surface area contributed by atoms with Crippen LogP contribution in [0.4, 0.5) is 0 Å². The van der Waals surface area contributed by atoms with Gasteiger partial charge in [-0.2, -0.15) is 0 Å². The van der Waals surface area contributed by atoms with E-state index in [1.807, 2.05) is 12.1 Å². The monoisotopic (exact) mass is 285 g/mol. The van der Waals surface area contributed by atoms with E-state index in [4.69, 9.17) is 11.2 Å². The minimum atomic E-state index is -0.103. The number of methoxy groups -OCH3 is 1. The SMILES string of the molecule is C.C#Cc1ccc([C@H]2C[C@H]3CCC(N3)C2C(=O)OC)cc1. The zero-order valence-electron chi connectivity index (χ0n) is 11.6. The van der Waals surface area contributed by atoms with Crippen LogP contribution in [0.1, 0.15) is 43.7 Å². The van der Waals surface area contributed by atoms with Crippen molar-refractivity contribution in [2.24, 2.45) is 5.92 Å². The second-order valence-electron chi connectivity index (χ2n) is 5.70. The minimum Gasteiger partial charge on any atom is -0.469 e. The number of nitrogens with one attached hydrogen (secondary N) is 1. The molecular formula is C18H23NO2. The third kappa shape index (κ3) is 2.82. The molecule has 3 heteroatoms. The molecule has 2 saturated heterocycles. The maximum Gasteiger partial charge on any atom is 0.310 e. The number of esters is 1. The maximum atomic E-state index is 12.2.